The molecule has 2 rings (SSSR count). The Labute approximate surface area is 92.6 Å². The number of amides is 1. The molecule has 0 fully saturated rings. The lowest BCUT2D eigenvalue weighted by atomic mass is 9.99. The van der Waals surface area contributed by atoms with Gasteiger partial charge in [0.2, 0.25) is 5.91 Å². The lowest BCUT2D eigenvalue weighted by Gasteiger charge is -2.28. The van der Waals surface area contributed by atoms with Crippen molar-refractivity contribution in [2.24, 2.45) is 0 Å². The molecule has 0 saturated carbocycles. The molecule has 80 valence electrons. The molecule has 2 nitrogen and oxygen atoms in total. The third-order valence-corrected chi connectivity index (χ3v) is 3.03. The summed E-state index contributed by atoms with van der Waals surface area (Å²) in [5, 5.41) is 0.466. The average Bonchev–Trinajstić information content (AvgIpc) is 2.16. The van der Waals surface area contributed by atoms with E-state index in [-0.39, 0.29) is 11.7 Å². The average molecular weight is 228 g/mol. The van der Waals surface area contributed by atoms with Gasteiger partial charge in [-0.05, 0) is 29.7 Å². The van der Waals surface area contributed by atoms with Gasteiger partial charge in [0.15, 0.2) is 0 Å². The summed E-state index contributed by atoms with van der Waals surface area (Å²) in [6.07, 6.45) is 0.702. The van der Waals surface area contributed by atoms with Gasteiger partial charge in [0.25, 0.3) is 0 Å². The summed E-state index contributed by atoms with van der Waals surface area (Å²) in [4.78, 5) is 12.9. The first-order valence-electron chi connectivity index (χ1n) is 4.80. The van der Waals surface area contributed by atoms with Gasteiger partial charge in [0.05, 0.1) is 0 Å². The molecule has 1 heterocycles. The van der Waals surface area contributed by atoms with Crippen LogP contribution in [0, 0.1) is 5.82 Å². The van der Waals surface area contributed by atoms with E-state index in [4.69, 9.17) is 11.6 Å². The normalized spacial score (nSPS) is 15.0. The molecule has 0 atom stereocenters. The van der Waals surface area contributed by atoms with Gasteiger partial charge < -0.3 is 4.90 Å². The standard InChI is InChI=1S/C11H11ClFNO/c1-7(15)14-3-2-10-8(6-14)4-9(13)5-11(10)12/h4-5H,2-3,6H2,1H3. The summed E-state index contributed by atoms with van der Waals surface area (Å²) in [7, 11) is 0. The lowest BCUT2D eigenvalue weighted by Crippen LogP contribution is -2.34. The van der Waals surface area contributed by atoms with Crippen molar-refractivity contribution in [3.05, 3.63) is 34.1 Å². The van der Waals surface area contributed by atoms with E-state index in [9.17, 15) is 9.18 Å². The van der Waals surface area contributed by atoms with Crippen LogP contribution in [0.4, 0.5) is 4.39 Å². The fraction of sp³-hybridized carbons (Fsp3) is 0.364. The lowest BCUT2D eigenvalue weighted by molar-refractivity contribution is -0.129. The van der Waals surface area contributed by atoms with Crippen LogP contribution in [0.25, 0.3) is 0 Å². The molecule has 0 aliphatic carbocycles. The Morgan fingerprint density at radius 2 is 2.27 bits per heavy atom. The highest BCUT2D eigenvalue weighted by atomic mass is 35.5. The number of nitrogens with zero attached hydrogens (tertiary/aromatic N) is 1. The maximum absolute atomic E-state index is 13.1. The summed E-state index contributed by atoms with van der Waals surface area (Å²) < 4.78 is 13.1. The molecule has 4 heteroatoms. The van der Waals surface area contributed by atoms with Crippen molar-refractivity contribution in [3.63, 3.8) is 0 Å². The molecule has 1 aromatic carbocycles. The van der Waals surface area contributed by atoms with E-state index < -0.39 is 0 Å². The van der Waals surface area contributed by atoms with E-state index in [1.165, 1.54) is 19.1 Å². The van der Waals surface area contributed by atoms with Gasteiger partial charge in [0, 0.05) is 25.0 Å². The molecule has 1 aliphatic heterocycles. The second-order valence-electron chi connectivity index (χ2n) is 3.72. The number of benzene rings is 1. The second-order valence-corrected chi connectivity index (χ2v) is 4.12. The molecule has 0 N–H and O–H groups in total. The number of hydrogen-bond donors (Lipinski definition) is 0. The van der Waals surface area contributed by atoms with Gasteiger partial charge in [-0.2, -0.15) is 0 Å². The quantitative estimate of drug-likeness (QED) is 0.667. The molecule has 0 bridgehead atoms. The first-order chi connectivity index (χ1) is 7.08. The van der Waals surface area contributed by atoms with Gasteiger partial charge in [0.1, 0.15) is 5.82 Å². The van der Waals surface area contributed by atoms with Crippen LogP contribution in [0.5, 0.6) is 0 Å². The summed E-state index contributed by atoms with van der Waals surface area (Å²) in [5.41, 5.74) is 1.79. The van der Waals surface area contributed by atoms with Crippen LogP contribution < -0.4 is 0 Å². The molecule has 0 radical (unpaired) electrons. The minimum Gasteiger partial charge on any atom is -0.338 e. The zero-order valence-electron chi connectivity index (χ0n) is 8.39. The molecule has 0 saturated heterocycles. The van der Waals surface area contributed by atoms with Gasteiger partial charge in [-0.25, -0.2) is 4.39 Å². The van der Waals surface area contributed by atoms with Crippen molar-refractivity contribution in [1.29, 1.82) is 0 Å². The first-order valence-corrected chi connectivity index (χ1v) is 5.18. The SMILES string of the molecule is CC(=O)N1CCc2c(Cl)cc(F)cc2C1. The van der Waals surface area contributed by atoms with Crippen molar-refractivity contribution in [2.75, 3.05) is 6.54 Å². The topological polar surface area (TPSA) is 20.3 Å². The van der Waals surface area contributed by atoms with E-state index in [0.29, 0.717) is 24.5 Å². The summed E-state index contributed by atoms with van der Waals surface area (Å²) >= 11 is 5.93. The van der Waals surface area contributed by atoms with Gasteiger partial charge in [-0.1, -0.05) is 11.6 Å². The van der Waals surface area contributed by atoms with Crippen LogP contribution in [0.15, 0.2) is 12.1 Å². The zero-order valence-corrected chi connectivity index (χ0v) is 9.14. The first kappa shape index (κ1) is 10.4. The number of halogens is 2. The Morgan fingerprint density at radius 3 is 2.93 bits per heavy atom. The van der Waals surface area contributed by atoms with E-state index in [2.05, 4.69) is 0 Å². The van der Waals surface area contributed by atoms with E-state index in [1.807, 2.05) is 0 Å². The molecule has 15 heavy (non-hydrogen) atoms. The Kier molecular flexibility index (Phi) is 2.65. The number of fused-ring (bicyclic) bond motifs is 1. The number of rotatable bonds is 0. The Bertz CT molecular complexity index is 419. The Morgan fingerprint density at radius 1 is 1.53 bits per heavy atom. The molecular formula is C11H11ClFNO. The van der Waals surface area contributed by atoms with Crippen molar-refractivity contribution < 1.29 is 9.18 Å². The van der Waals surface area contributed by atoms with Crippen LogP contribution >= 0.6 is 11.6 Å². The third kappa shape index (κ3) is 1.97. The molecule has 0 spiro atoms. The van der Waals surface area contributed by atoms with E-state index in [0.717, 1.165) is 11.1 Å². The van der Waals surface area contributed by atoms with Gasteiger partial charge in [-0.3, -0.25) is 4.79 Å². The molecular weight excluding hydrogens is 217 g/mol. The van der Waals surface area contributed by atoms with Crippen molar-refractivity contribution in [2.45, 2.75) is 19.9 Å². The predicted octanol–water partition coefficient (Wildman–Crippen LogP) is 2.38. The molecule has 1 aromatic rings. The largest absolute Gasteiger partial charge is 0.338 e. The van der Waals surface area contributed by atoms with Crippen molar-refractivity contribution >= 4 is 17.5 Å². The Hall–Kier alpha value is -1.09. The monoisotopic (exact) mass is 227 g/mol. The summed E-state index contributed by atoms with van der Waals surface area (Å²) in [6.45, 7) is 2.64. The van der Waals surface area contributed by atoms with E-state index in [1.54, 1.807) is 4.90 Å². The maximum atomic E-state index is 13.1. The number of carbonyl (C=O) groups excluding carboxylic acids is 1. The molecule has 0 aromatic heterocycles. The van der Waals surface area contributed by atoms with Crippen LogP contribution in [0.1, 0.15) is 18.1 Å². The zero-order chi connectivity index (χ0) is 11.0. The highest BCUT2D eigenvalue weighted by Gasteiger charge is 2.20. The number of hydrogen-bond acceptors (Lipinski definition) is 1. The van der Waals surface area contributed by atoms with Crippen molar-refractivity contribution in [3.8, 4) is 0 Å². The highest BCUT2D eigenvalue weighted by molar-refractivity contribution is 6.31. The maximum Gasteiger partial charge on any atom is 0.219 e. The molecule has 1 amide bonds. The summed E-state index contributed by atoms with van der Waals surface area (Å²) in [6, 6.07) is 2.78. The van der Waals surface area contributed by atoms with Crippen molar-refractivity contribution in [1.82, 2.24) is 4.90 Å². The number of carbonyl (C=O) groups is 1. The molecule has 0 unspecified atom stereocenters. The van der Waals surface area contributed by atoms with Gasteiger partial charge in [-0.15, -0.1) is 0 Å². The summed E-state index contributed by atoms with van der Waals surface area (Å²) in [5.74, 6) is -0.329. The Balaban J connectivity index is 2.37. The van der Waals surface area contributed by atoms with Gasteiger partial charge >= 0.3 is 0 Å². The highest BCUT2D eigenvalue weighted by Crippen LogP contribution is 2.27. The fourth-order valence-corrected chi connectivity index (χ4v) is 2.20. The minimum atomic E-state index is -0.343. The van der Waals surface area contributed by atoms with Crippen LogP contribution in [-0.4, -0.2) is 17.4 Å². The smallest absolute Gasteiger partial charge is 0.219 e. The van der Waals surface area contributed by atoms with Crippen LogP contribution in [-0.2, 0) is 17.8 Å². The predicted molar refractivity (Wildman–Crippen MR) is 56.2 cm³/mol. The fourth-order valence-electron chi connectivity index (χ4n) is 1.88. The van der Waals surface area contributed by atoms with Crippen LogP contribution in [0.2, 0.25) is 5.02 Å². The molecule has 1 aliphatic rings. The minimum absolute atomic E-state index is 0.0148. The second kappa shape index (κ2) is 3.81. The van der Waals surface area contributed by atoms with Crippen LogP contribution in [0.3, 0.4) is 0 Å². The third-order valence-electron chi connectivity index (χ3n) is 2.69. The van der Waals surface area contributed by atoms with E-state index >= 15 is 0 Å².